The lowest BCUT2D eigenvalue weighted by Crippen LogP contribution is -2.07. The van der Waals surface area contributed by atoms with Gasteiger partial charge in [0.1, 0.15) is 0 Å². The van der Waals surface area contributed by atoms with Crippen molar-refractivity contribution in [1.29, 1.82) is 0 Å². The Morgan fingerprint density at radius 3 is 1.31 bits per heavy atom. The van der Waals surface area contributed by atoms with Gasteiger partial charge in [-0.05, 0) is 77.0 Å². The van der Waals surface area contributed by atoms with Gasteiger partial charge in [0.2, 0.25) is 0 Å². The van der Waals surface area contributed by atoms with E-state index in [1.165, 1.54) is 38.2 Å². The van der Waals surface area contributed by atoms with Crippen LogP contribution in [-0.2, 0) is 6.18 Å². The topological polar surface area (TPSA) is 0 Å². The molecule has 0 saturated heterocycles. The molecule has 0 aliphatic carbocycles. The molecule has 10 aromatic rings. The van der Waals surface area contributed by atoms with E-state index in [0.29, 0.717) is 10.8 Å². The smallest absolute Gasteiger partial charge is 0.166 e. The van der Waals surface area contributed by atoms with E-state index in [1.54, 1.807) is 35.6 Å². The zero-order chi connectivity index (χ0) is 34.3. The first-order valence-corrected chi connectivity index (χ1v) is 17.7. The summed E-state index contributed by atoms with van der Waals surface area (Å²) >= 11 is 1.75. The Labute approximate surface area is 295 Å². The Bertz CT molecular complexity index is 2890. The van der Waals surface area contributed by atoms with Crippen LogP contribution in [-0.4, -0.2) is 0 Å². The molecule has 9 aromatic carbocycles. The van der Waals surface area contributed by atoms with Gasteiger partial charge in [-0.1, -0.05) is 158 Å². The summed E-state index contributed by atoms with van der Waals surface area (Å²) in [6.45, 7) is 0. The second kappa shape index (κ2) is 11.3. The van der Waals surface area contributed by atoms with Crippen LogP contribution in [0.5, 0.6) is 0 Å². The number of halogens is 3. The lowest BCUT2D eigenvalue weighted by atomic mass is 9.85. The van der Waals surface area contributed by atoms with Crippen LogP contribution in [0.25, 0.3) is 96.6 Å². The van der Waals surface area contributed by atoms with E-state index in [9.17, 15) is 13.2 Å². The lowest BCUT2D eigenvalue weighted by molar-refractivity contribution is -0.135. The summed E-state index contributed by atoms with van der Waals surface area (Å²) in [7, 11) is 0. The van der Waals surface area contributed by atoms with Gasteiger partial charge in [-0.25, -0.2) is 0 Å². The van der Waals surface area contributed by atoms with Crippen molar-refractivity contribution in [3.63, 3.8) is 0 Å². The number of hydrogen-bond donors (Lipinski definition) is 0. The van der Waals surface area contributed by atoms with Crippen LogP contribution < -0.4 is 0 Å². The highest BCUT2D eigenvalue weighted by Crippen LogP contribution is 2.51. The molecule has 0 bridgehead atoms. The highest BCUT2D eigenvalue weighted by molar-refractivity contribution is 7.26. The molecule has 0 unspecified atom stereocenters. The Hall–Kier alpha value is -5.97. The molecular formula is C47H27F3S. The molecule has 0 aliphatic heterocycles. The molecule has 0 nitrogen and oxygen atoms in total. The Kier molecular flexibility index (Phi) is 6.61. The first-order valence-electron chi connectivity index (χ1n) is 16.9. The van der Waals surface area contributed by atoms with Crippen LogP contribution in [0.1, 0.15) is 5.56 Å². The largest absolute Gasteiger partial charge is 0.417 e. The number of hydrogen-bond acceptors (Lipinski definition) is 1. The quantitative estimate of drug-likeness (QED) is 0.163. The summed E-state index contributed by atoms with van der Waals surface area (Å²) in [5.74, 6) is 0. The standard InChI is InChI=1S/C47H27F3S/c48-47(49,50)45-35-22-10-8-20-33(35)42(34-21-9-11-23-36(34)45)37-24-13-27-40-44(37)39-26-12-25-38(46(39)51-40)43-31-18-6-4-16-29(31)41(28-14-2-1-3-15-28)30-17-5-7-19-32(30)43/h1-27H. The van der Waals surface area contributed by atoms with Crippen LogP contribution in [0.4, 0.5) is 13.2 Å². The fourth-order valence-electron chi connectivity index (χ4n) is 8.31. The van der Waals surface area contributed by atoms with Crippen molar-refractivity contribution in [3.05, 3.63) is 169 Å². The number of benzene rings is 9. The van der Waals surface area contributed by atoms with Gasteiger partial charge < -0.3 is 0 Å². The van der Waals surface area contributed by atoms with E-state index in [1.807, 2.05) is 30.3 Å². The van der Waals surface area contributed by atoms with Crippen molar-refractivity contribution in [2.24, 2.45) is 0 Å². The Morgan fingerprint density at radius 1 is 0.353 bits per heavy atom. The highest BCUT2D eigenvalue weighted by Gasteiger charge is 2.36. The van der Waals surface area contributed by atoms with Gasteiger partial charge in [0.15, 0.2) is 0 Å². The van der Waals surface area contributed by atoms with Crippen molar-refractivity contribution in [3.8, 4) is 33.4 Å². The molecule has 1 aromatic heterocycles. The first-order chi connectivity index (χ1) is 25.0. The highest BCUT2D eigenvalue weighted by atomic mass is 32.1. The maximum absolute atomic E-state index is 14.7. The summed E-state index contributed by atoms with van der Waals surface area (Å²) in [5.41, 5.74) is 5.91. The van der Waals surface area contributed by atoms with Gasteiger partial charge in [0.25, 0.3) is 0 Å². The molecule has 0 aliphatic rings. The zero-order valence-corrected chi connectivity index (χ0v) is 27.9. The average Bonchev–Trinajstić information content (AvgIpc) is 3.55. The van der Waals surface area contributed by atoms with E-state index in [-0.39, 0.29) is 10.8 Å². The summed E-state index contributed by atoms with van der Waals surface area (Å²) in [5, 5.41) is 8.53. The average molecular weight is 681 g/mol. The van der Waals surface area contributed by atoms with Gasteiger partial charge in [-0.3, -0.25) is 0 Å². The van der Waals surface area contributed by atoms with E-state index >= 15 is 0 Å². The SMILES string of the molecule is FC(F)(F)c1c2ccccc2c(-c2cccc3sc4c(-c5c6ccccc6c(-c6ccccc6)c6ccccc56)cccc4c23)c2ccccc12. The molecule has 51 heavy (non-hydrogen) atoms. The monoisotopic (exact) mass is 680 g/mol. The molecule has 0 saturated carbocycles. The zero-order valence-electron chi connectivity index (χ0n) is 27.1. The van der Waals surface area contributed by atoms with Gasteiger partial charge >= 0.3 is 6.18 Å². The van der Waals surface area contributed by atoms with Crippen LogP contribution in [0.2, 0.25) is 0 Å². The van der Waals surface area contributed by atoms with Crippen molar-refractivity contribution >= 4 is 74.6 Å². The predicted molar refractivity (Wildman–Crippen MR) is 211 cm³/mol. The molecule has 0 amide bonds. The number of fused-ring (bicyclic) bond motifs is 7. The van der Waals surface area contributed by atoms with Crippen molar-refractivity contribution < 1.29 is 13.2 Å². The van der Waals surface area contributed by atoms with Gasteiger partial charge in [-0.2, -0.15) is 13.2 Å². The van der Waals surface area contributed by atoms with E-state index in [4.69, 9.17) is 0 Å². The van der Waals surface area contributed by atoms with Crippen LogP contribution in [0, 0.1) is 0 Å². The number of alkyl halides is 3. The maximum Gasteiger partial charge on any atom is 0.417 e. The van der Waals surface area contributed by atoms with Gasteiger partial charge in [-0.15, -0.1) is 11.3 Å². The summed E-state index contributed by atoms with van der Waals surface area (Å²) in [6.07, 6.45) is -4.50. The third kappa shape index (κ3) is 4.46. The fourth-order valence-corrected chi connectivity index (χ4v) is 9.56. The molecule has 0 atom stereocenters. The van der Waals surface area contributed by atoms with Crippen molar-refractivity contribution in [2.75, 3.05) is 0 Å². The number of thiophene rings is 1. The van der Waals surface area contributed by atoms with Crippen LogP contribution >= 0.6 is 11.3 Å². The summed E-state index contributed by atoms with van der Waals surface area (Å²) in [6, 6.07) is 54.6. The fraction of sp³-hybridized carbons (Fsp3) is 0.0213. The first kappa shape index (κ1) is 29.9. The third-order valence-corrected chi connectivity index (χ3v) is 11.5. The van der Waals surface area contributed by atoms with E-state index < -0.39 is 11.7 Å². The Balaban J connectivity index is 1.32. The molecular weight excluding hydrogens is 654 g/mol. The molecule has 10 rings (SSSR count). The second-order valence-corrected chi connectivity index (χ2v) is 14.1. The molecule has 0 fully saturated rings. The number of rotatable bonds is 3. The predicted octanol–water partition coefficient (Wildman–Crippen LogP) is 14.7. The normalized spacial score (nSPS) is 12.2. The van der Waals surface area contributed by atoms with Crippen LogP contribution in [0.15, 0.2) is 164 Å². The van der Waals surface area contributed by atoms with E-state index in [2.05, 4.69) is 109 Å². The molecule has 0 N–H and O–H groups in total. The van der Waals surface area contributed by atoms with Gasteiger partial charge in [0, 0.05) is 25.7 Å². The summed E-state index contributed by atoms with van der Waals surface area (Å²) < 4.78 is 46.5. The Morgan fingerprint density at radius 2 is 0.765 bits per heavy atom. The minimum Gasteiger partial charge on any atom is -0.166 e. The van der Waals surface area contributed by atoms with Crippen molar-refractivity contribution in [1.82, 2.24) is 0 Å². The third-order valence-electron chi connectivity index (χ3n) is 10.3. The van der Waals surface area contributed by atoms with Crippen molar-refractivity contribution in [2.45, 2.75) is 6.18 Å². The van der Waals surface area contributed by atoms with Gasteiger partial charge in [0.05, 0.1) is 5.56 Å². The minimum absolute atomic E-state index is 0.215. The molecule has 0 radical (unpaired) electrons. The van der Waals surface area contributed by atoms with E-state index in [0.717, 1.165) is 36.9 Å². The molecule has 1 heterocycles. The maximum atomic E-state index is 14.7. The van der Waals surface area contributed by atoms with Crippen LogP contribution in [0.3, 0.4) is 0 Å². The summed E-state index contributed by atoms with van der Waals surface area (Å²) in [4.78, 5) is 0. The molecule has 0 spiro atoms. The molecule has 4 heteroatoms. The lowest BCUT2D eigenvalue weighted by Gasteiger charge is -2.19. The second-order valence-electron chi connectivity index (χ2n) is 13.0. The minimum atomic E-state index is -4.50. The molecule has 242 valence electrons.